The van der Waals surface area contributed by atoms with E-state index in [-0.39, 0.29) is 11.9 Å². The lowest BCUT2D eigenvalue weighted by molar-refractivity contribution is 0.0939. The molecule has 1 N–H and O–H groups in total. The second-order valence-corrected chi connectivity index (χ2v) is 6.49. The minimum atomic E-state index is -0.274. The van der Waals surface area contributed by atoms with Crippen molar-refractivity contribution in [1.29, 1.82) is 0 Å². The number of hydrogen-bond acceptors (Lipinski definition) is 6. The maximum absolute atomic E-state index is 13.0. The van der Waals surface area contributed by atoms with E-state index < -0.39 is 0 Å². The van der Waals surface area contributed by atoms with Crippen LogP contribution in [0.2, 0.25) is 0 Å². The van der Waals surface area contributed by atoms with Crippen LogP contribution >= 0.6 is 0 Å². The van der Waals surface area contributed by atoms with Gasteiger partial charge in [0.2, 0.25) is 5.75 Å². The molecule has 0 aliphatic heterocycles. The van der Waals surface area contributed by atoms with E-state index in [1.54, 1.807) is 19.1 Å². The molecule has 3 aromatic rings. The predicted octanol–water partition coefficient (Wildman–Crippen LogP) is 4.17. The average molecular weight is 396 g/mol. The molecule has 29 heavy (non-hydrogen) atoms. The molecule has 0 aliphatic rings. The Bertz CT molecular complexity index is 973. The molecule has 1 aromatic heterocycles. The maximum atomic E-state index is 13.0. The number of aromatic nitrogens is 1. The van der Waals surface area contributed by atoms with E-state index >= 15 is 0 Å². The molecule has 0 fully saturated rings. The third-order valence-corrected chi connectivity index (χ3v) is 4.66. The summed E-state index contributed by atoms with van der Waals surface area (Å²) in [6.07, 6.45) is 0. The number of aryl methyl sites for hydroxylation is 1. The van der Waals surface area contributed by atoms with Crippen molar-refractivity contribution in [2.45, 2.75) is 19.9 Å². The Morgan fingerprint density at radius 2 is 1.66 bits per heavy atom. The van der Waals surface area contributed by atoms with E-state index in [1.807, 2.05) is 37.3 Å². The average Bonchev–Trinajstić information content (AvgIpc) is 3.14. The van der Waals surface area contributed by atoms with Crippen molar-refractivity contribution >= 4 is 5.91 Å². The molecular formula is C22H24N2O5. The van der Waals surface area contributed by atoms with E-state index in [0.29, 0.717) is 39.8 Å². The number of carbonyl (C=O) groups is 1. The number of hydrogen-bond donors (Lipinski definition) is 1. The molecule has 1 unspecified atom stereocenters. The molecule has 1 atom stereocenters. The highest BCUT2D eigenvalue weighted by molar-refractivity contribution is 6.01. The van der Waals surface area contributed by atoms with Gasteiger partial charge in [-0.2, -0.15) is 0 Å². The van der Waals surface area contributed by atoms with E-state index in [1.165, 1.54) is 21.3 Å². The van der Waals surface area contributed by atoms with Crippen molar-refractivity contribution in [3.63, 3.8) is 0 Å². The third-order valence-electron chi connectivity index (χ3n) is 4.66. The first-order chi connectivity index (χ1) is 14.0. The number of methoxy groups -OCH3 is 3. The van der Waals surface area contributed by atoms with Gasteiger partial charge in [0.1, 0.15) is 5.56 Å². The number of nitrogens with one attached hydrogen (secondary N) is 1. The number of benzene rings is 2. The van der Waals surface area contributed by atoms with E-state index in [2.05, 4.69) is 10.5 Å². The fraction of sp³-hybridized carbons (Fsp3) is 0.273. The zero-order valence-electron chi connectivity index (χ0n) is 17.1. The van der Waals surface area contributed by atoms with Gasteiger partial charge in [0.25, 0.3) is 5.91 Å². The monoisotopic (exact) mass is 396 g/mol. The van der Waals surface area contributed by atoms with Crippen molar-refractivity contribution in [3.8, 4) is 28.6 Å². The summed E-state index contributed by atoms with van der Waals surface area (Å²) in [6.45, 7) is 3.66. The lowest BCUT2D eigenvalue weighted by atomic mass is 10.0. The summed E-state index contributed by atoms with van der Waals surface area (Å²) in [5, 5.41) is 7.00. The second-order valence-electron chi connectivity index (χ2n) is 6.49. The van der Waals surface area contributed by atoms with Gasteiger partial charge in [-0.1, -0.05) is 35.5 Å². The van der Waals surface area contributed by atoms with Crippen LogP contribution in [0, 0.1) is 6.92 Å². The summed E-state index contributed by atoms with van der Waals surface area (Å²) in [5.41, 5.74) is 2.45. The number of carbonyl (C=O) groups excluding carboxylic acids is 1. The van der Waals surface area contributed by atoms with E-state index in [4.69, 9.17) is 18.7 Å². The highest BCUT2D eigenvalue weighted by Crippen LogP contribution is 2.42. The Morgan fingerprint density at radius 1 is 1.03 bits per heavy atom. The molecule has 3 rings (SSSR count). The van der Waals surface area contributed by atoms with E-state index in [0.717, 1.165) is 5.56 Å². The van der Waals surface area contributed by atoms with Crippen molar-refractivity contribution < 1.29 is 23.5 Å². The zero-order chi connectivity index (χ0) is 21.0. The van der Waals surface area contributed by atoms with Crippen molar-refractivity contribution in [3.05, 3.63) is 59.3 Å². The Hall–Kier alpha value is -3.48. The first kappa shape index (κ1) is 20.3. The SMILES string of the molecule is COc1cc(-c2onc(C)c2C(=O)NC(C)c2ccccc2)cc(OC)c1OC. The summed E-state index contributed by atoms with van der Waals surface area (Å²) < 4.78 is 21.7. The fourth-order valence-corrected chi connectivity index (χ4v) is 3.14. The summed E-state index contributed by atoms with van der Waals surface area (Å²) >= 11 is 0. The van der Waals surface area contributed by atoms with Gasteiger partial charge in [-0.25, -0.2) is 0 Å². The second kappa shape index (κ2) is 8.68. The van der Waals surface area contributed by atoms with E-state index in [9.17, 15) is 4.79 Å². The van der Waals surface area contributed by atoms with Crippen LogP contribution in [-0.2, 0) is 0 Å². The molecular weight excluding hydrogens is 372 g/mol. The van der Waals surface area contributed by atoms with Crippen LogP contribution in [0.25, 0.3) is 11.3 Å². The lowest BCUT2D eigenvalue weighted by Crippen LogP contribution is -2.27. The molecule has 152 valence electrons. The van der Waals surface area contributed by atoms with Crippen molar-refractivity contribution in [2.75, 3.05) is 21.3 Å². The van der Waals surface area contributed by atoms with Crippen molar-refractivity contribution in [2.24, 2.45) is 0 Å². The zero-order valence-corrected chi connectivity index (χ0v) is 17.1. The van der Waals surface area contributed by atoms with Crippen LogP contribution in [0.4, 0.5) is 0 Å². The highest BCUT2D eigenvalue weighted by Gasteiger charge is 2.25. The minimum absolute atomic E-state index is 0.175. The molecule has 0 radical (unpaired) electrons. The third kappa shape index (κ3) is 4.03. The summed E-state index contributed by atoms with van der Waals surface area (Å²) in [4.78, 5) is 13.0. The van der Waals surface area contributed by atoms with Gasteiger partial charge in [-0.15, -0.1) is 0 Å². The van der Waals surface area contributed by atoms with Crippen LogP contribution in [-0.4, -0.2) is 32.4 Å². The lowest BCUT2D eigenvalue weighted by Gasteiger charge is -2.15. The van der Waals surface area contributed by atoms with Crippen LogP contribution in [0.15, 0.2) is 47.0 Å². The van der Waals surface area contributed by atoms with Crippen molar-refractivity contribution in [1.82, 2.24) is 10.5 Å². The van der Waals surface area contributed by atoms with Crippen LogP contribution in [0.3, 0.4) is 0 Å². The molecule has 7 heteroatoms. The first-order valence-corrected chi connectivity index (χ1v) is 9.12. The molecule has 1 amide bonds. The predicted molar refractivity (Wildman–Crippen MR) is 109 cm³/mol. The fourth-order valence-electron chi connectivity index (χ4n) is 3.14. The quantitative estimate of drug-likeness (QED) is 0.645. The Morgan fingerprint density at radius 3 is 2.21 bits per heavy atom. The normalized spacial score (nSPS) is 11.6. The Balaban J connectivity index is 1.99. The number of amides is 1. The molecule has 2 aromatic carbocycles. The molecule has 1 heterocycles. The van der Waals surface area contributed by atoms with Crippen LogP contribution in [0.1, 0.15) is 34.6 Å². The maximum Gasteiger partial charge on any atom is 0.257 e. The molecule has 0 spiro atoms. The highest BCUT2D eigenvalue weighted by atomic mass is 16.5. The van der Waals surface area contributed by atoms with Gasteiger partial charge in [0.15, 0.2) is 17.3 Å². The Labute approximate surface area is 169 Å². The smallest absolute Gasteiger partial charge is 0.257 e. The van der Waals surface area contributed by atoms with Gasteiger partial charge < -0.3 is 24.1 Å². The summed E-state index contributed by atoms with van der Waals surface area (Å²) in [5.74, 6) is 1.43. The van der Waals surface area contributed by atoms with Crippen LogP contribution < -0.4 is 19.5 Å². The Kier molecular flexibility index (Phi) is 6.07. The van der Waals surface area contributed by atoms with Crippen LogP contribution in [0.5, 0.6) is 17.2 Å². The van der Waals surface area contributed by atoms with Gasteiger partial charge in [-0.3, -0.25) is 4.79 Å². The molecule has 0 bridgehead atoms. The van der Waals surface area contributed by atoms with Gasteiger partial charge in [-0.05, 0) is 31.5 Å². The molecule has 0 saturated heterocycles. The molecule has 0 aliphatic carbocycles. The minimum Gasteiger partial charge on any atom is -0.493 e. The van der Waals surface area contributed by atoms with Gasteiger partial charge in [0.05, 0.1) is 33.1 Å². The largest absolute Gasteiger partial charge is 0.493 e. The summed E-state index contributed by atoms with van der Waals surface area (Å²) in [6, 6.07) is 13.0. The summed E-state index contributed by atoms with van der Waals surface area (Å²) in [7, 11) is 4.59. The topological polar surface area (TPSA) is 82.8 Å². The first-order valence-electron chi connectivity index (χ1n) is 9.12. The van der Waals surface area contributed by atoms with Gasteiger partial charge >= 0.3 is 0 Å². The standard InChI is InChI=1S/C22H24N2O5/c1-13(15-9-7-6-8-10-15)23-22(25)19-14(2)24-29-20(19)16-11-17(26-3)21(28-5)18(12-16)27-4/h6-13H,1-5H3,(H,23,25). The molecule has 0 saturated carbocycles. The number of rotatable bonds is 7. The number of nitrogens with zero attached hydrogens (tertiary/aromatic N) is 1. The van der Waals surface area contributed by atoms with Gasteiger partial charge in [0, 0.05) is 5.56 Å². The molecule has 7 nitrogen and oxygen atoms in total. The number of ether oxygens (including phenoxy) is 3.